The van der Waals surface area contributed by atoms with E-state index in [-0.39, 0.29) is 121 Å². The Morgan fingerprint density at radius 2 is 1.00 bits per heavy atom. The molecule has 87 heavy (non-hydrogen) atoms. The Bertz CT molecular complexity index is 3900. The molecule has 0 unspecified atom stereocenters. The molecule has 8 rings (SSSR count). The van der Waals surface area contributed by atoms with E-state index in [9.17, 15) is 79.2 Å². The molecule has 472 valence electrons. The van der Waals surface area contributed by atoms with Gasteiger partial charge in [-0.3, -0.25) is 29.2 Å². The topological polar surface area (TPSA) is 267 Å². The number of amides is 4. The van der Waals surface area contributed by atoms with Gasteiger partial charge in [-0.05, 0) is 117 Å². The summed E-state index contributed by atoms with van der Waals surface area (Å²) in [6.07, 6.45) is -7.49. The third kappa shape index (κ3) is 17.2. The Morgan fingerprint density at radius 1 is 0.609 bits per heavy atom. The summed E-state index contributed by atoms with van der Waals surface area (Å²) >= 11 is 3.32. The highest BCUT2D eigenvalue weighted by Gasteiger charge is 2.49. The number of piperidine rings is 2. The number of halogens is 7. The largest absolute Gasteiger partial charge is 0.416 e. The van der Waals surface area contributed by atoms with Gasteiger partial charge in [0.1, 0.15) is 22.7 Å². The number of hydrogen-bond donors (Lipinski definition) is 2. The van der Waals surface area contributed by atoms with Crippen molar-refractivity contribution in [3.63, 3.8) is 0 Å². The first kappa shape index (κ1) is 69.5. The first-order chi connectivity index (χ1) is 40.2. The molecular formula is C56H63BrF6N8O12S4. The number of aryl methyl sites for hydroxylation is 2. The van der Waals surface area contributed by atoms with E-state index in [1.54, 1.807) is 39.2 Å². The maximum Gasteiger partial charge on any atom is 0.416 e. The summed E-state index contributed by atoms with van der Waals surface area (Å²) < 4.78 is 180. The van der Waals surface area contributed by atoms with Crippen LogP contribution in [0, 0.1) is 13.8 Å². The molecule has 20 nitrogen and oxygen atoms in total. The molecule has 0 radical (unpaired) electrons. The molecule has 0 aromatic heterocycles. The zero-order valence-corrected chi connectivity index (χ0v) is 52.7. The van der Waals surface area contributed by atoms with Crippen molar-refractivity contribution in [1.82, 2.24) is 29.0 Å². The summed E-state index contributed by atoms with van der Waals surface area (Å²) in [6, 6.07) is 18.1. The average Bonchev–Trinajstić information content (AvgIpc) is 1.69. The molecule has 4 aliphatic heterocycles. The lowest BCUT2D eigenvalue weighted by molar-refractivity contribution is -0.138. The molecule has 2 saturated heterocycles. The molecule has 2 spiro atoms. The smallest absolute Gasteiger partial charge is 0.349 e. The van der Waals surface area contributed by atoms with E-state index in [4.69, 9.17) is 0 Å². The highest BCUT2D eigenvalue weighted by Crippen LogP contribution is 2.36. The summed E-state index contributed by atoms with van der Waals surface area (Å²) in [7, 11) is -8.34. The van der Waals surface area contributed by atoms with Crippen molar-refractivity contribution in [2.45, 2.75) is 85.6 Å². The van der Waals surface area contributed by atoms with E-state index >= 15 is 0 Å². The number of carbonyl (C=O) groups is 4. The van der Waals surface area contributed by atoms with Gasteiger partial charge in [0.15, 0.2) is 19.7 Å². The normalized spacial score (nSPS) is 17.3. The fourth-order valence-corrected chi connectivity index (χ4v) is 14.2. The first-order valence-electron chi connectivity index (χ1n) is 26.5. The number of sulfonamides is 2. The second kappa shape index (κ2) is 27.0. The van der Waals surface area contributed by atoms with Crippen molar-refractivity contribution in [2.24, 2.45) is 9.98 Å². The van der Waals surface area contributed by atoms with Gasteiger partial charge in [0.05, 0.1) is 32.4 Å². The summed E-state index contributed by atoms with van der Waals surface area (Å²) in [5.74, 6) is -1.86. The molecule has 0 aliphatic carbocycles. The van der Waals surface area contributed by atoms with Crippen LogP contribution in [0.1, 0.15) is 77.5 Å². The summed E-state index contributed by atoms with van der Waals surface area (Å²) in [5.41, 5.74) is -2.03. The van der Waals surface area contributed by atoms with Gasteiger partial charge in [0.2, 0.25) is 31.9 Å². The van der Waals surface area contributed by atoms with E-state index in [0.29, 0.717) is 11.1 Å². The minimum absolute atomic E-state index is 0.00441. The second-order valence-electron chi connectivity index (χ2n) is 21.1. The number of sulfone groups is 2. The fraction of sp³-hybridized carbons (Fsp3) is 0.393. The van der Waals surface area contributed by atoms with E-state index in [2.05, 4.69) is 43.1 Å². The highest BCUT2D eigenvalue weighted by atomic mass is 79.9. The maximum atomic E-state index is 13.1. The van der Waals surface area contributed by atoms with Crippen LogP contribution >= 0.6 is 15.9 Å². The molecule has 0 atom stereocenters. The third-order valence-corrected chi connectivity index (χ3v) is 22.0. The van der Waals surface area contributed by atoms with Crippen LogP contribution in [0.2, 0.25) is 0 Å². The quantitative estimate of drug-likeness (QED) is 0.115. The number of aliphatic imine (C=N–C) groups is 2. The van der Waals surface area contributed by atoms with Gasteiger partial charge in [0.25, 0.3) is 11.8 Å². The molecular weight excluding hydrogens is 1300 g/mol. The van der Waals surface area contributed by atoms with Gasteiger partial charge in [0, 0.05) is 93.6 Å². The molecule has 4 aliphatic rings. The minimum atomic E-state index is -4.56. The summed E-state index contributed by atoms with van der Waals surface area (Å²) in [5, 5.41) is 6.93. The van der Waals surface area contributed by atoms with Crippen molar-refractivity contribution in [2.75, 3.05) is 65.9 Å². The van der Waals surface area contributed by atoms with Crippen LogP contribution in [-0.2, 0) is 71.3 Å². The van der Waals surface area contributed by atoms with Crippen molar-refractivity contribution in [3.8, 4) is 0 Å². The molecule has 0 saturated carbocycles. The zero-order valence-electron chi connectivity index (χ0n) is 47.9. The Morgan fingerprint density at radius 3 is 1.37 bits per heavy atom. The molecule has 2 fully saturated rings. The Kier molecular flexibility index (Phi) is 21.6. The lowest BCUT2D eigenvalue weighted by Crippen LogP contribution is -2.50. The van der Waals surface area contributed by atoms with Crippen LogP contribution < -0.4 is 10.6 Å². The zero-order chi connectivity index (χ0) is 64.9. The molecule has 4 aromatic carbocycles. The predicted molar refractivity (Wildman–Crippen MR) is 317 cm³/mol. The molecule has 2 N–H and O–H groups in total. The van der Waals surface area contributed by atoms with Gasteiger partial charge in [-0.15, -0.1) is 0 Å². The fourth-order valence-electron chi connectivity index (χ4n) is 9.21. The van der Waals surface area contributed by atoms with Crippen LogP contribution in [0.4, 0.5) is 26.3 Å². The van der Waals surface area contributed by atoms with Crippen LogP contribution in [-0.4, -0.2) is 164 Å². The number of rotatable bonds is 15. The van der Waals surface area contributed by atoms with Crippen LogP contribution in [0.5, 0.6) is 0 Å². The van der Waals surface area contributed by atoms with Crippen molar-refractivity contribution in [3.05, 3.63) is 146 Å². The second-order valence-corrected chi connectivity index (χ2v) is 29.8. The number of nitrogens with one attached hydrogen (secondary N) is 2. The summed E-state index contributed by atoms with van der Waals surface area (Å²) in [4.78, 5) is 60.2. The molecule has 31 heteroatoms. The lowest BCUT2D eigenvalue weighted by Gasteiger charge is -2.34. The Hall–Kier alpha value is -6.64. The van der Waals surface area contributed by atoms with Crippen molar-refractivity contribution < 1.29 is 79.2 Å². The van der Waals surface area contributed by atoms with E-state index in [0.717, 1.165) is 45.1 Å². The number of carbonyl (C=O) groups excluding carboxylic acids is 4. The number of hydrogen-bond acceptors (Lipinski definition) is 14. The predicted octanol–water partition coefficient (Wildman–Crippen LogP) is 6.88. The van der Waals surface area contributed by atoms with Gasteiger partial charge in [-0.25, -0.2) is 33.7 Å². The molecule has 0 bridgehead atoms. The molecule has 4 heterocycles. The van der Waals surface area contributed by atoms with Crippen LogP contribution in [0.25, 0.3) is 6.08 Å². The standard InChI is InChI=1S/C28H31F3N4O6S2.C16H16F3N3O3S.C12H16BrNO3S/c1-19-17-23(42(38,39)15-10-24(36)34(2)3)8-7-20(19)9-16-43(40,41)35-13-11-27(12-14-35)26(37)32-25(33-27)21-5-4-6-22(18-21)28(29,30)31;1-2-26(24,25)22-8-6-15(7-9-22)14(23)20-13(21-15)11-4-3-5-12(10-11)16(17,18)19;1-9-8-10(4-5-11(9)13)18(16,17)7-6-12(15)14(2)3/h4-9,16-18H,10-15H2,1-3H3,(H,32,33,37);2-5,10H,1,6-9H2,(H,20,21,23);4-5,8H,6-7H2,1-3H3/b16-9+;;. The van der Waals surface area contributed by atoms with E-state index in [1.807, 2.05) is 6.92 Å². The Balaban J connectivity index is 0.000000232. The van der Waals surface area contributed by atoms with Crippen LogP contribution in [0.15, 0.2) is 127 Å². The SMILES string of the molecule is C=CS(=O)(=O)N1CCC2(CC1)N=C(c1cccc(C(F)(F)F)c1)NC2=O.Cc1cc(S(=O)(=O)CCC(=O)N(C)C)ccc1/C=C/S(=O)(=O)N1CCC2(CC1)N=C(c1cccc(C(F)(F)F)c1)NC2=O.Cc1cc(S(=O)(=O)CCC(=O)N(C)C)ccc1Br. The molecule has 4 aromatic rings. The number of amidine groups is 2. The van der Waals surface area contributed by atoms with Crippen molar-refractivity contribution in [1.29, 1.82) is 0 Å². The molecule has 4 amide bonds. The van der Waals surface area contributed by atoms with Gasteiger partial charge >= 0.3 is 12.4 Å². The van der Waals surface area contributed by atoms with Crippen molar-refractivity contribution >= 4 is 97.0 Å². The third-order valence-electron chi connectivity index (χ3n) is 14.6. The number of benzene rings is 4. The maximum absolute atomic E-state index is 13.1. The van der Waals surface area contributed by atoms with Gasteiger partial charge < -0.3 is 20.4 Å². The highest BCUT2D eigenvalue weighted by molar-refractivity contribution is 9.10. The monoisotopic (exact) mass is 1360 g/mol. The van der Waals surface area contributed by atoms with E-state index in [1.165, 1.54) is 81.0 Å². The Labute approximate surface area is 509 Å². The average molecular weight is 1360 g/mol. The lowest BCUT2D eigenvalue weighted by atomic mass is 9.89. The minimum Gasteiger partial charge on any atom is -0.349 e. The van der Waals surface area contributed by atoms with E-state index < -0.39 is 86.1 Å². The van der Waals surface area contributed by atoms with Crippen LogP contribution in [0.3, 0.4) is 0 Å². The first-order valence-corrected chi connectivity index (χ1v) is 33.6. The van der Waals surface area contributed by atoms with Gasteiger partial charge in [-0.1, -0.05) is 52.8 Å². The number of alkyl halides is 6. The van der Waals surface area contributed by atoms with Gasteiger partial charge in [-0.2, -0.15) is 35.0 Å². The number of nitrogens with zero attached hydrogens (tertiary/aromatic N) is 6. The summed E-state index contributed by atoms with van der Waals surface area (Å²) in [6.45, 7) is 6.82.